The first-order valence-electron chi connectivity index (χ1n) is 6.62. The van der Waals surface area contributed by atoms with Crippen LogP contribution < -0.4 is 5.43 Å². The molecule has 1 aromatic carbocycles. The molecule has 0 spiro atoms. The number of nitrogens with one attached hydrogen (secondary N) is 2. The number of carbonyl (C=O) groups is 1. The van der Waals surface area contributed by atoms with Crippen molar-refractivity contribution < 1.29 is 9.21 Å². The fourth-order valence-electron chi connectivity index (χ4n) is 2.23. The van der Waals surface area contributed by atoms with Gasteiger partial charge in [-0.15, -0.1) is 0 Å². The van der Waals surface area contributed by atoms with E-state index in [2.05, 4.69) is 15.5 Å². The van der Waals surface area contributed by atoms with E-state index in [-0.39, 0.29) is 11.7 Å². The van der Waals surface area contributed by atoms with Gasteiger partial charge in [-0.2, -0.15) is 5.10 Å². The minimum atomic E-state index is -0.364. The van der Waals surface area contributed by atoms with Gasteiger partial charge in [0.25, 0.3) is 0 Å². The van der Waals surface area contributed by atoms with Crippen LogP contribution in [-0.4, -0.2) is 17.1 Å². The number of fused-ring (bicyclic) bond motifs is 1. The van der Waals surface area contributed by atoms with E-state index in [0.29, 0.717) is 5.76 Å². The summed E-state index contributed by atoms with van der Waals surface area (Å²) in [6.07, 6.45) is 1.64. The molecule has 2 heterocycles. The molecule has 0 fully saturated rings. The van der Waals surface area contributed by atoms with Crippen LogP contribution in [-0.2, 0) is 0 Å². The highest BCUT2D eigenvalue weighted by atomic mass is 16.3. The summed E-state index contributed by atoms with van der Waals surface area (Å²) in [6, 6.07) is 11.3. The molecule has 1 amide bonds. The van der Waals surface area contributed by atoms with Gasteiger partial charge >= 0.3 is 5.91 Å². The second-order valence-corrected chi connectivity index (χ2v) is 4.82. The lowest BCUT2D eigenvalue weighted by molar-refractivity contribution is 0.0926. The van der Waals surface area contributed by atoms with E-state index >= 15 is 0 Å². The van der Waals surface area contributed by atoms with Crippen molar-refractivity contribution in [3.8, 4) is 0 Å². The zero-order chi connectivity index (χ0) is 14.8. The zero-order valence-electron chi connectivity index (χ0n) is 11.8. The minimum Gasteiger partial charge on any atom is -0.456 e. The number of para-hydroxylation sites is 1. The number of rotatable bonds is 3. The maximum Gasteiger partial charge on any atom is 0.307 e. The Balaban J connectivity index is 1.79. The molecule has 21 heavy (non-hydrogen) atoms. The summed E-state index contributed by atoms with van der Waals surface area (Å²) in [6.45, 7) is 3.76. The van der Waals surface area contributed by atoms with Crippen molar-refractivity contribution in [1.82, 2.24) is 10.4 Å². The number of carbonyl (C=O) groups excluding carboxylic acids is 1. The number of H-pyrrole nitrogens is 1. The molecule has 106 valence electrons. The topological polar surface area (TPSA) is 70.4 Å². The van der Waals surface area contributed by atoms with Crippen LogP contribution in [0.25, 0.3) is 10.9 Å². The predicted octanol–water partition coefficient (Wildman–Crippen LogP) is 3.14. The summed E-state index contributed by atoms with van der Waals surface area (Å²) < 4.78 is 5.23. The van der Waals surface area contributed by atoms with Gasteiger partial charge < -0.3 is 9.40 Å². The van der Waals surface area contributed by atoms with Gasteiger partial charge in [-0.05, 0) is 32.0 Å². The van der Waals surface area contributed by atoms with Crippen molar-refractivity contribution in [2.24, 2.45) is 5.10 Å². The van der Waals surface area contributed by atoms with Crippen LogP contribution in [0.3, 0.4) is 0 Å². The molecule has 5 heteroatoms. The molecule has 0 radical (unpaired) electrons. The van der Waals surface area contributed by atoms with Gasteiger partial charge in [0.2, 0.25) is 0 Å². The molecular formula is C16H15N3O2. The number of nitrogens with zero attached hydrogens (tertiary/aromatic N) is 1. The molecule has 5 nitrogen and oxygen atoms in total. The van der Waals surface area contributed by atoms with Crippen molar-refractivity contribution in [2.45, 2.75) is 13.8 Å². The summed E-state index contributed by atoms with van der Waals surface area (Å²) in [5.74, 6) is 0.578. The molecule has 0 unspecified atom stereocenters. The van der Waals surface area contributed by atoms with Gasteiger partial charge in [0, 0.05) is 22.2 Å². The third-order valence-corrected chi connectivity index (χ3v) is 3.27. The standard InChI is InChI=1S/C16H15N3O2/c1-10-7-8-15(21-10)16(20)19-17-9-13-11(2)18-14-6-4-3-5-12(13)14/h3-9,18H,1-2H3,(H,19,20). The molecule has 0 aliphatic heterocycles. The molecular weight excluding hydrogens is 266 g/mol. The van der Waals surface area contributed by atoms with Crippen LogP contribution in [0, 0.1) is 13.8 Å². The Morgan fingerprint density at radius 3 is 2.81 bits per heavy atom. The fraction of sp³-hybridized carbons (Fsp3) is 0.125. The van der Waals surface area contributed by atoms with E-state index in [1.54, 1.807) is 25.3 Å². The van der Waals surface area contributed by atoms with Crippen LogP contribution in [0.1, 0.15) is 27.6 Å². The smallest absolute Gasteiger partial charge is 0.307 e. The van der Waals surface area contributed by atoms with Crippen molar-refractivity contribution in [3.05, 3.63) is 59.2 Å². The van der Waals surface area contributed by atoms with Crippen LogP contribution in [0.4, 0.5) is 0 Å². The van der Waals surface area contributed by atoms with Crippen molar-refractivity contribution in [2.75, 3.05) is 0 Å². The molecule has 0 atom stereocenters. The lowest BCUT2D eigenvalue weighted by Crippen LogP contribution is -2.16. The van der Waals surface area contributed by atoms with E-state index in [1.807, 2.05) is 31.2 Å². The number of hydrogen-bond donors (Lipinski definition) is 2. The molecule has 0 saturated heterocycles. The number of amides is 1. The first-order chi connectivity index (χ1) is 10.1. The van der Waals surface area contributed by atoms with E-state index in [1.165, 1.54) is 0 Å². The number of hydrogen-bond acceptors (Lipinski definition) is 3. The molecule has 3 aromatic rings. The molecule has 2 aromatic heterocycles. The maximum absolute atomic E-state index is 11.8. The van der Waals surface area contributed by atoms with E-state index in [0.717, 1.165) is 22.2 Å². The lowest BCUT2D eigenvalue weighted by Gasteiger charge is -1.96. The largest absolute Gasteiger partial charge is 0.456 e. The molecule has 0 aliphatic carbocycles. The Labute approximate surface area is 121 Å². The van der Waals surface area contributed by atoms with Crippen LogP contribution >= 0.6 is 0 Å². The van der Waals surface area contributed by atoms with Gasteiger partial charge in [-0.25, -0.2) is 5.43 Å². The number of benzene rings is 1. The van der Waals surface area contributed by atoms with Gasteiger partial charge in [0.1, 0.15) is 5.76 Å². The maximum atomic E-state index is 11.8. The van der Waals surface area contributed by atoms with Gasteiger partial charge in [0.15, 0.2) is 5.76 Å². The number of aryl methyl sites for hydroxylation is 2. The van der Waals surface area contributed by atoms with Crippen molar-refractivity contribution >= 4 is 23.0 Å². The summed E-state index contributed by atoms with van der Waals surface area (Å²) in [5, 5.41) is 5.08. The van der Waals surface area contributed by atoms with Gasteiger partial charge in [-0.1, -0.05) is 18.2 Å². The zero-order valence-corrected chi connectivity index (χ0v) is 11.8. The molecule has 0 bridgehead atoms. The van der Waals surface area contributed by atoms with E-state index in [9.17, 15) is 4.79 Å². The molecule has 2 N–H and O–H groups in total. The lowest BCUT2D eigenvalue weighted by atomic mass is 10.1. The first kappa shape index (κ1) is 13.2. The summed E-state index contributed by atoms with van der Waals surface area (Å²) >= 11 is 0. The average Bonchev–Trinajstić information content (AvgIpc) is 3.03. The SMILES string of the molecule is Cc1ccc(C(=O)NN=Cc2c(C)[nH]c3ccccc23)o1. The number of aromatic nitrogens is 1. The number of aromatic amines is 1. The Kier molecular flexibility index (Phi) is 3.31. The highest BCUT2D eigenvalue weighted by Crippen LogP contribution is 2.19. The molecule has 0 saturated carbocycles. The fourth-order valence-corrected chi connectivity index (χ4v) is 2.23. The van der Waals surface area contributed by atoms with Crippen LogP contribution in [0.15, 0.2) is 45.9 Å². The second kappa shape index (κ2) is 5.28. The van der Waals surface area contributed by atoms with E-state index < -0.39 is 0 Å². The Morgan fingerprint density at radius 2 is 2.05 bits per heavy atom. The predicted molar refractivity (Wildman–Crippen MR) is 81.5 cm³/mol. The second-order valence-electron chi connectivity index (χ2n) is 4.82. The van der Waals surface area contributed by atoms with Gasteiger partial charge in [-0.3, -0.25) is 4.79 Å². The van der Waals surface area contributed by atoms with Crippen LogP contribution in [0.5, 0.6) is 0 Å². The summed E-state index contributed by atoms with van der Waals surface area (Å²) in [5.41, 5.74) is 5.47. The third kappa shape index (κ3) is 2.58. The Morgan fingerprint density at radius 1 is 1.24 bits per heavy atom. The van der Waals surface area contributed by atoms with E-state index in [4.69, 9.17) is 4.42 Å². The number of furan rings is 1. The summed E-state index contributed by atoms with van der Waals surface area (Å²) in [4.78, 5) is 15.1. The Hall–Kier alpha value is -2.82. The Bertz CT molecular complexity index is 827. The van der Waals surface area contributed by atoms with Crippen molar-refractivity contribution in [1.29, 1.82) is 0 Å². The van der Waals surface area contributed by atoms with Gasteiger partial charge in [0.05, 0.1) is 6.21 Å². The molecule has 0 aliphatic rings. The molecule has 3 rings (SSSR count). The normalized spacial score (nSPS) is 11.3. The van der Waals surface area contributed by atoms with Crippen molar-refractivity contribution in [3.63, 3.8) is 0 Å². The quantitative estimate of drug-likeness (QED) is 0.572. The monoisotopic (exact) mass is 281 g/mol. The number of hydrazone groups is 1. The highest BCUT2D eigenvalue weighted by Gasteiger charge is 2.09. The van der Waals surface area contributed by atoms with Crippen LogP contribution in [0.2, 0.25) is 0 Å². The third-order valence-electron chi connectivity index (χ3n) is 3.27. The highest BCUT2D eigenvalue weighted by molar-refractivity contribution is 6.01. The average molecular weight is 281 g/mol. The summed E-state index contributed by atoms with van der Waals surface area (Å²) in [7, 11) is 0. The minimum absolute atomic E-state index is 0.250. The first-order valence-corrected chi connectivity index (χ1v) is 6.62.